The van der Waals surface area contributed by atoms with Crippen molar-refractivity contribution in [1.82, 2.24) is 9.38 Å². The number of Topliss-reactive ketones (excluding diaryl/α,β-unsaturated/α-hetero) is 1. The molecule has 1 saturated heterocycles. The SMILES string of the molecule is CCc1nc2ccc(Cl)cn2c1C(=O)CCc1ccc(N2CCC(c3ccc(S(F)(F)(F)(F)F)cc3)CC2)cc1. The van der Waals surface area contributed by atoms with Gasteiger partial charge in [0.2, 0.25) is 0 Å². The molecule has 2 aromatic carbocycles. The molecule has 1 aliphatic heterocycles. The van der Waals surface area contributed by atoms with Crippen LogP contribution in [0.1, 0.15) is 59.4 Å². The number of pyridine rings is 1. The normalized spacial score (nSPS) is 16.6. The van der Waals surface area contributed by atoms with Crippen molar-refractivity contribution in [1.29, 1.82) is 0 Å². The molecule has 4 aromatic rings. The Morgan fingerprint density at radius 3 is 2.20 bits per heavy atom. The van der Waals surface area contributed by atoms with E-state index in [1.165, 1.54) is 12.1 Å². The maximum Gasteiger partial charge on any atom is 0.310 e. The van der Waals surface area contributed by atoms with Gasteiger partial charge in [0.1, 0.15) is 16.2 Å². The number of piperidine rings is 1. The molecule has 214 valence electrons. The predicted molar refractivity (Wildman–Crippen MR) is 151 cm³/mol. The summed E-state index contributed by atoms with van der Waals surface area (Å²) in [4.78, 5) is 18.0. The number of ketones is 1. The van der Waals surface area contributed by atoms with Crippen molar-refractivity contribution in [3.05, 3.63) is 94.4 Å². The molecule has 0 atom stereocenters. The lowest BCUT2D eigenvalue weighted by Gasteiger charge is -2.40. The summed E-state index contributed by atoms with van der Waals surface area (Å²) in [6, 6.07) is 14.9. The number of nitrogens with zero attached hydrogens (tertiary/aromatic N) is 3. The lowest BCUT2D eigenvalue weighted by molar-refractivity contribution is 0.0976. The summed E-state index contributed by atoms with van der Waals surface area (Å²) < 4.78 is 66.8. The number of imidazole rings is 1. The van der Waals surface area contributed by atoms with E-state index >= 15 is 0 Å². The first-order valence-corrected chi connectivity index (χ1v) is 15.4. The van der Waals surface area contributed by atoms with E-state index in [0.717, 1.165) is 16.9 Å². The third-order valence-corrected chi connectivity index (χ3v) is 8.87. The third kappa shape index (κ3) is 6.12. The van der Waals surface area contributed by atoms with Gasteiger partial charge in [-0.15, -0.1) is 0 Å². The van der Waals surface area contributed by atoms with Crippen molar-refractivity contribution >= 4 is 38.9 Å². The van der Waals surface area contributed by atoms with Gasteiger partial charge in [0, 0.05) is 31.4 Å². The van der Waals surface area contributed by atoms with Crippen LogP contribution in [-0.2, 0) is 12.8 Å². The molecule has 0 aliphatic carbocycles. The first-order chi connectivity index (χ1) is 18.7. The topological polar surface area (TPSA) is 37.6 Å². The van der Waals surface area contributed by atoms with Gasteiger partial charge in [-0.2, -0.15) is 0 Å². The minimum Gasteiger partial charge on any atom is -0.371 e. The van der Waals surface area contributed by atoms with Crippen LogP contribution >= 0.6 is 21.8 Å². The molecule has 40 heavy (non-hydrogen) atoms. The Bertz CT molecular complexity index is 1550. The fraction of sp³-hybridized carbons (Fsp3) is 0.310. The predicted octanol–water partition coefficient (Wildman–Crippen LogP) is 9.41. The number of anilines is 1. The zero-order valence-corrected chi connectivity index (χ0v) is 23.4. The molecule has 0 N–H and O–H groups in total. The lowest BCUT2D eigenvalue weighted by atomic mass is 9.89. The molecule has 5 rings (SSSR count). The Kier molecular flexibility index (Phi) is 6.94. The van der Waals surface area contributed by atoms with Gasteiger partial charge in [-0.05, 0) is 79.1 Å². The second kappa shape index (κ2) is 9.76. The number of rotatable bonds is 8. The summed E-state index contributed by atoms with van der Waals surface area (Å²) in [5.41, 5.74) is 4.71. The van der Waals surface area contributed by atoms with Crippen LogP contribution < -0.4 is 4.90 Å². The Morgan fingerprint density at radius 1 is 0.950 bits per heavy atom. The lowest BCUT2D eigenvalue weighted by Crippen LogP contribution is -2.32. The van der Waals surface area contributed by atoms with E-state index in [1.54, 1.807) is 22.7 Å². The summed E-state index contributed by atoms with van der Waals surface area (Å²) in [5, 5.41) is 0.534. The highest BCUT2D eigenvalue weighted by molar-refractivity contribution is 8.45. The van der Waals surface area contributed by atoms with Gasteiger partial charge in [-0.3, -0.25) is 9.20 Å². The molecular weight excluding hydrogens is 569 g/mol. The van der Waals surface area contributed by atoms with Crippen LogP contribution in [-0.4, -0.2) is 28.3 Å². The number of aromatic nitrogens is 2. The van der Waals surface area contributed by atoms with E-state index in [4.69, 9.17) is 11.6 Å². The highest BCUT2D eigenvalue weighted by Gasteiger charge is 2.65. The van der Waals surface area contributed by atoms with E-state index in [2.05, 4.69) is 9.88 Å². The number of aryl methyl sites for hydroxylation is 2. The molecule has 0 saturated carbocycles. The van der Waals surface area contributed by atoms with Crippen LogP contribution in [0, 0.1) is 0 Å². The van der Waals surface area contributed by atoms with Crippen LogP contribution in [0.15, 0.2) is 71.8 Å². The minimum atomic E-state index is -9.66. The zero-order chi connectivity index (χ0) is 28.8. The molecule has 0 radical (unpaired) electrons. The van der Waals surface area contributed by atoms with E-state index in [1.807, 2.05) is 31.2 Å². The second-order valence-corrected chi connectivity index (χ2v) is 13.1. The first-order valence-electron chi connectivity index (χ1n) is 13.1. The Labute approximate surface area is 234 Å². The van der Waals surface area contributed by atoms with Crippen molar-refractivity contribution in [2.45, 2.75) is 49.8 Å². The average molecular weight is 598 g/mol. The van der Waals surface area contributed by atoms with E-state index in [-0.39, 0.29) is 11.7 Å². The number of carbonyl (C=O) groups is 1. The van der Waals surface area contributed by atoms with Crippen molar-refractivity contribution in [3.63, 3.8) is 0 Å². The number of hydrogen-bond acceptors (Lipinski definition) is 3. The van der Waals surface area contributed by atoms with Gasteiger partial charge in [-0.25, -0.2) is 4.98 Å². The van der Waals surface area contributed by atoms with Crippen LogP contribution in [0.4, 0.5) is 25.1 Å². The fourth-order valence-electron chi connectivity index (χ4n) is 5.33. The largest absolute Gasteiger partial charge is 0.371 e. The molecule has 0 unspecified atom stereocenters. The summed E-state index contributed by atoms with van der Waals surface area (Å²) >= 11 is 6.14. The average Bonchev–Trinajstić information content (AvgIpc) is 3.29. The van der Waals surface area contributed by atoms with E-state index in [9.17, 15) is 24.2 Å². The van der Waals surface area contributed by atoms with Gasteiger partial charge in [0.05, 0.1) is 10.7 Å². The fourth-order valence-corrected chi connectivity index (χ4v) is 6.14. The smallest absolute Gasteiger partial charge is 0.310 e. The molecule has 0 spiro atoms. The van der Waals surface area contributed by atoms with Crippen molar-refractivity contribution < 1.29 is 24.2 Å². The molecule has 11 heteroatoms. The number of carbonyl (C=O) groups excluding carboxylic acids is 1. The number of benzene rings is 2. The Balaban J connectivity index is 1.18. The summed E-state index contributed by atoms with van der Waals surface area (Å²) in [7, 11) is -9.66. The number of fused-ring (bicyclic) bond motifs is 1. The summed E-state index contributed by atoms with van der Waals surface area (Å²) in [5.74, 6) is 0.0167. The summed E-state index contributed by atoms with van der Waals surface area (Å²) in [6.07, 6.45) is 4.67. The zero-order valence-electron chi connectivity index (χ0n) is 21.8. The monoisotopic (exact) mass is 597 g/mol. The maximum absolute atomic E-state index is 13.1. The van der Waals surface area contributed by atoms with Gasteiger partial charge in [-0.1, -0.05) is 62.2 Å². The Hall–Kier alpha value is -3.11. The van der Waals surface area contributed by atoms with Crippen LogP contribution in [0.3, 0.4) is 0 Å². The third-order valence-electron chi connectivity index (χ3n) is 7.49. The maximum atomic E-state index is 13.1. The molecule has 1 fully saturated rings. The van der Waals surface area contributed by atoms with E-state index < -0.39 is 15.1 Å². The van der Waals surface area contributed by atoms with Crippen molar-refractivity contribution in [3.8, 4) is 0 Å². The quantitative estimate of drug-likeness (QED) is 0.150. The van der Waals surface area contributed by atoms with E-state index in [0.29, 0.717) is 79.3 Å². The summed E-state index contributed by atoms with van der Waals surface area (Å²) in [6.45, 7) is 3.36. The Morgan fingerprint density at radius 2 is 1.60 bits per heavy atom. The van der Waals surface area contributed by atoms with Crippen molar-refractivity contribution in [2.75, 3.05) is 18.0 Å². The molecule has 3 heterocycles. The second-order valence-electron chi connectivity index (χ2n) is 10.2. The molecule has 0 bridgehead atoms. The van der Waals surface area contributed by atoms with Crippen molar-refractivity contribution in [2.24, 2.45) is 0 Å². The minimum absolute atomic E-state index is 0.00592. The van der Waals surface area contributed by atoms with Crippen LogP contribution in [0.5, 0.6) is 0 Å². The number of hydrogen-bond donors (Lipinski definition) is 0. The highest BCUT2D eigenvalue weighted by Crippen LogP contribution is 3.02. The molecule has 0 amide bonds. The molecule has 1 aliphatic rings. The van der Waals surface area contributed by atoms with Gasteiger partial charge in [0.25, 0.3) is 0 Å². The van der Waals surface area contributed by atoms with Gasteiger partial charge in [0.15, 0.2) is 5.78 Å². The van der Waals surface area contributed by atoms with Crippen LogP contribution in [0.2, 0.25) is 5.02 Å². The number of halogens is 6. The molecule has 4 nitrogen and oxygen atoms in total. The molecular formula is C29H29ClF5N3OS. The molecule has 2 aromatic heterocycles. The first kappa shape index (κ1) is 28.4. The van der Waals surface area contributed by atoms with Gasteiger partial charge >= 0.3 is 10.2 Å². The van der Waals surface area contributed by atoms with Gasteiger partial charge < -0.3 is 4.90 Å². The van der Waals surface area contributed by atoms with Crippen LogP contribution in [0.25, 0.3) is 5.65 Å². The highest BCUT2D eigenvalue weighted by atomic mass is 35.5. The standard InChI is InChI=1S/C29H29ClF5N3OS/c1-2-26-29(38-19-23(30)8-14-28(38)36-26)27(39)13-5-20-3-9-24(10-4-20)37-17-15-22(16-18-37)21-6-11-25(12-7-21)40(31,32,33,34)35/h3-4,6-12,14,19,22H,2,5,13,15-18H2,1H3.